The van der Waals surface area contributed by atoms with Crippen molar-refractivity contribution in [3.05, 3.63) is 0 Å². The molecule has 0 aliphatic heterocycles. The summed E-state index contributed by atoms with van der Waals surface area (Å²) in [6.45, 7) is 7.52. The van der Waals surface area contributed by atoms with Gasteiger partial charge in [-0.25, -0.2) is 0 Å². The first kappa shape index (κ1) is 14.9. The van der Waals surface area contributed by atoms with Crippen LogP contribution >= 0.6 is 0 Å². The quantitative estimate of drug-likeness (QED) is 0.692. The van der Waals surface area contributed by atoms with Crippen LogP contribution in [-0.2, 0) is 4.74 Å². The fourth-order valence-corrected chi connectivity index (χ4v) is 2.64. The number of ether oxygens (including phenoxy) is 1. The van der Waals surface area contributed by atoms with Gasteiger partial charge in [0, 0.05) is 32.3 Å². The largest absolute Gasteiger partial charge is 0.383 e. The Hall–Kier alpha value is -0.120. The summed E-state index contributed by atoms with van der Waals surface area (Å²) in [5.41, 5.74) is 0. The average Bonchev–Trinajstić information content (AvgIpc) is 2.34. The lowest BCUT2D eigenvalue weighted by Gasteiger charge is -2.37. The molecule has 102 valence electrons. The van der Waals surface area contributed by atoms with Crippen molar-refractivity contribution in [3.63, 3.8) is 0 Å². The molecular formula is C14H30N2O. The molecule has 17 heavy (non-hydrogen) atoms. The van der Waals surface area contributed by atoms with Crippen molar-refractivity contribution in [2.45, 2.75) is 51.6 Å². The van der Waals surface area contributed by atoms with Gasteiger partial charge in [-0.15, -0.1) is 0 Å². The van der Waals surface area contributed by atoms with Gasteiger partial charge in [0.05, 0.1) is 6.61 Å². The molecule has 0 amide bonds. The predicted octanol–water partition coefficient (Wildman–Crippen LogP) is 2.12. The fourth-order valence-electron chi connectivity index (χ4n) is 2.64. The monoisotopic (exact) mass is 242 g/mol. The summed E-state index contributed by atoms with van der Waals surface area (Å²) >= 11 is 0. The minimum absolute atomic E-state index is 0.616. The first-order valence-corrected chi connectivity index (χ1v) is 7.06. The number of rotatable bonds is 7. The van der Waals surface area contributed by atoms with E-state index in [-0.39, 0.29) is 0 Å². The molecule has 0 radical (unpaired) electrons. The summed E-state index contributed by atoms with van der Waals surface area (Å²) in [4.78, 5) is 2.56. The van der Waals surface area contributed by atoms with Crippen molar-refractivity contribution < 1.29 is 4.74 Å². The van der Waals surface area contributed by atoms with Crippen LogP contribution in [0.2, 0.25) is 0 Å². The summed E-state index contributed by atoms with van der Waals surface area (Å²) in [6.07, 6.45) is 5.55. The van der Waals surface area contributed by atoms with Gasteiger partial charge in [-0.2, -0.15) is 0 Å². The lowest BCUT2D eigenvalue weighted by Crippen LogP contribution is -2.45. The Morgan fingerprint density at radius 2 is 1.94 bits per heavy atom. The number of nitrogens with one attached hydrogen (secondary N) is 1. The molecule has 0 spiro atoms. The van der Waals surface area contributed by atoms with Crippen LogP contribution in [0, 0.1) is 5.92 Å². The van der Waals surface area contributed by atoms with Crippen LogP contribution in [0.4, 0.5) is 0 Å². The van der Waals surface area contributed by atoms with Gasteiger partial charge in [0.15, 0.2) is 0 Å². The maximum Gasteiger partial charge on any atom is 0.0587 e. The Labute approximate surface area is 107 Å². The zero-order valence-electron chi connectivity index (χ0n) is 12.0. The Morgan fingerprint density at radius 1 is 1.29 bits per heavy atom. The van der Waals surface area contributed by atoms with E-state index in [0.29, 0.717) is 6.04 Å². The number of hydrogen-bond donors (Lipinski definition) is 1. The van der Waals surface area contributed by atoms with Crippen LogP contribution in [0.15, 0.2) is 0 Å². The van der Waals surface area contributed by atoms with Crippen LogP contribution in [-0.4, -0.2) is 50.8 Å². The second kappa shape index (κ2) is 8.06. The molecule has 3 nitrogen and oxygen atoms in total. The van der Waals surface area contributed by atoms with E-state index in [2.05, 4.69) is 31.1 Å². The molecule has 1 fully saturated rings. The molecule has 1 N–H and O–H groups in total. The number of nitrogens with zero attached hydrogens (tertiary/aromatic N) is 1. The fraction of sp³-hybridized carbons (Fsp3) is 1.00. The van der Waals surface area contributed by atoms with Crippen molar-refractivity contribution in [2.75, 3.05) is 33.9 Å². The molecule has 1 aliphatic rings. The van der Waals surface area contributed by atoms with Gasteiger partial charge in [-0.05, 0) is 45.6 Å². The molecule has 0 aromatic heterocycles. The molecule has 0 aromatic carbocycles. The van der Waals surface area contributed by atoms with Gasteiger partial charge in [0.25, 0.3) is 0 Å². The highest BCUT2D eigenvalue weighted by Crippen LogP contribution is 2.27. The third-order valence-corrected chi connectivity index (χ3v) is 4.18. The highest BCUT2D eigenvalue weighted by molar-refractivity contribution is 4.80. The van der Waals surface area contributed by atoms with E-state index in [4.69, 9.17) is 4.74 Å². The first-order valence-electron chi connectivity index (χ1n) is 7.06. The topological polar surface area (TPSA) is 24.5 Å². The second-order valence-corrected chi connectivity index (χ2v) is 5.63. The molecular weight excluding hydrogens is 212 g/mol. The smallest absolute Gasteiger partial charge is 0.0587 e. The van der Waals surface area contributed by atoms with Crippen molar-refractivity contribution in [2.24, 2.45) is 5.92 Å². The first-order chi connectivity index (χ1) is 8.15. The van der Waals surface area contributed by atoms with E-state index in [1.807, 2.05) is 0 Å². The summed E-state index contributed by atoms with van der Waals surface area (Å²) < 4.78 is 5.04. The highest BCUT2D eigenvalue weighted by atomic mass is 16.5. The molecule has 1 unspecified atom stereocenters. The van der Waals surface area contributed by atoms with E-state index in [9.17, 15) is 0 Å². The van der Waals surface area contributed by atoms with Crippen LogP contribution < -0.4 is 5.32 Å². The molecule has 1 atom stereocenters. The van der Waals surface area contributed by atoms with E-state index >= 15 is 0 Å². The molecule has 0 heterocycles. The molecule has 0 aromatic rings. The number of likely N-dealkylation sites (N-methyl/N-ethyl adjacent to an activating group) is 1. The highest BCUT2D eigenvalue weighted by Gasteiger charge is 2.24. The molecule has 0 saturated heterocycles. The predicted molar refractivity (Wildman–Crippen MR) is 73.4 cm³/mol. The summed E-state index contributed by atoms with van der Waals surface area (Å²) in [5.74, 6) is 0.940. The normalized spacial score (nSPS) is 27.4. The van der Waals surface area contributed by atoms with Crippen LogP contribution in [0.5, 0.6) is 0 Å². The van der Waals surface area contributed by atoms with Crippen LogP contribution in [0.25, 0.3) is 0 Å². The maximum absolute atomic E-state index is 5.04. The SMILES string of the molecule is COCCNCC(C)N(C)C1CCC(C)CC1. The zero-order valence-corrected chi connectivity index (χ0v) is 12.0. The van der Waals surface area contributed by atoms with Crippen molar-refractivity contribution in [3.8, 4) is 0 Å². The van der Waals surface area contributed by atoms with Gasteiger partial charge in [-0.1, -0.05) is 6.92 Å². The van der Waals surface area contributed by atoms with Gasteiger partial charge >= 0.3 is 0 Å². The standard InChI is InChI=1S/C14H30N2O/c1-12-5-7-14(8-6-12)16(3)13(2)11-15-9-10-17-4/h12-15H,5-11H2,1-4H3. The number of methoxy groups -OCH3 is 1. The third-order valence-electron chi connectivity index (χ3n) is 4.18. The lowest BCUT2D eigenvalue weighted by molar-refractivity contribution is 0.127. The van der Waals surface area contributed by atoms with Crippen molar-refractivity contribution >= 4 is 0 Å². The minimum Gasteiger partial charge on any atom is -0.383 e. The van der Waals surface area contributed by atoms with E-state index in [0.717, 1.165) is 31.7 Å². The Balaban J connectivity index is 2.19. The third kappa shape index (κ3) is 5.36. The molecule has 0 bridgehead atoms. The van der Waals surface area contributed by atoms with Gasteiger partial charge in [0.1, 0.15) is 0 Å². The summed E-state index contributed by atoms with van der Waals surface area (Å²) in [7, 11) is 4.03. The summed E-state index contributed by atoms with van der Waals surface area (Å²) in [5, 5.41) is 3.45. The van der Waals surface area contributed by atoms with Gasteiger partial charge < -0.3 is 10.1 Å². The Kier molecular flexibility index (Phi) is 7.09. The van der Waals surface area contributed by atoms with Crippen molar-refractivity contribution in [1.82, 2.24) is 10.2 Å². The van der Waals surface area contributed by atoms with Crippen LogP contribution in [0.1, 0.15) is 39.5 Å². The summed E-state index contributed by atoms with van der Waals surface area (Å²) in [6, 6.07) is 1.41. The molecule has 1 saturated carbocycles. The molecule has 1 aliphatic carbocycles. The maximum atomic E-state index is 5.04. The zero-order chi connectivity index (χ0) is 12.7. The van der Waals surface area contributed by atoms with Gasteiger partial charge in [-0.3, -0.25) is 4.90 Å². The van der Waals surface area contributed by atoms with E-state index in [1.165, 1.54) is 25.7 Å². The van der Waals surface area contributed by atoms with Crippen molar-refractivity contribution in [1.29, 1.82) is 0 Å². The molecule has 1 rings (SSSR count). The van der Waals surface area contributed by atoms with Gasteiger partial charge in [0.2, 0.25) is 0 Å². The molecule has 3 heteroatoms. The Bertz CT molecular complexity index is 191. The Morgan fingerprint density at radius 3 is 2.53 bits per heavy atom. The van der Waals surface area contributed by atoms with E-state index < -0.39 is 0 Å². The van der Waals surface area contributed by atoms with Crippen LogP contribution in [0.3, 0.4) is 0 Å². The lowest BCUT2D eigenvalue weighted by atomic mass is 9.86. The minimum atomic E-state index is 0.616. The number of hydrogen-bond acceptors (Lipinski definition) is 3. The second-order valence-electron chi connectivity index (χ2n) is 5.63. The van der Waals surface area contributed by atoms with E-state index in [1.54, 1.807) is 7.11 Å². The average molecular weight is 242 g/mol.